The van der Waals surface area contributed by atoms with Gasteiger partial charge in [0.25, 0.3) is 0 Å². The van der Waals surface area contributed by atoms with Gasteiger partial charge in [-0.15, -0.1) is 0 Å². The molecule has 15 heavy (non-hydrogen) atoms. The highest BCUT2D eigenvalue weighted by Gasteiger charge is 2.09. The first-order valence-corrected chi connectivity index (χ1v) is 6.10. The standard InChI is InChI=1S/C12H26N2O/c1-4-10(3)8-12(15)14-9-11(5-2)6-7-13/h10-11H,4-9,13H2,1-3H3,(H,14,15). The molecule has 3 N–H and O–H groups in total. The summed E-state index contributed by atoms with van der Waals surface area (Å²) in [6, 6.07) is 0. The molecule has 0 fully saturated rings. The van der Waals surface area contributed by atoms with Crippen molar-refractivity contribution in [1.29, 1.82) is 0 Å². The summed E-state index contributed by atoms with van der Waals surface area (Å²) in [5, 5.41) is 2.99. The SMILES string of the molecule is CCC(C)CC(=O)NCC(CC)CCN. The summed E-state index contributed by atoms with van der Waals surface area (Å²) < 4.78 is 0. The number of hydrogen-bond acceptors (Lipinski definition) is 2. The quantitative estimate of drug-likeness (QED) is 0.648. The van der Waals surface area contributed by atoms with Crippen molar-refractivity contribution in [3.63, 3.8) is 0 Å². The van der Waals surface area contributed by atoms with E-state index in [0.717, 1.165) is 25.8 Å². The van der Waals surface area contributed by atoms with E-state index in [1.54, 1.807) is 0 Å². The molecular weight excluding hydrogens is 188 g/mol. The molecular formula is C12H26N2O. The van der Waals surface area contributed by atoms with Crippen LogP contribution in [0.25, 0.3) is 0 Å². The van der Waals surface area contributed by atoms with E-state index in [2.05, 4.69) is 26.1 Å². The Kier molecular flexibility index (Phi) is 8.38. The molecule has 0 radical (unpaired) electrons. The van der Waals surface area contributed by atoms with Crippen LogP contribution in [0.2, 0.25) is 0 Å². The maximum absolute atomic E-state index is 11.5. The molecule has 0 aliphatic rings. The number of nitrogens with one attached hydrogen (secondary N) is 1. The van der Waals surface area contributed by atoms with Crippen LogP contribution >= 0.6 is 0 Å². The fourth-order valence-electron chi connectivity index (χ4n) is 1.48. The largest absolute Gasteiger partial charge is 0.356 e. The minimum atomic E-state index is 0.180. The van der Waals surface area contributed by atoms with Crippen LogP contribution in [0.1, 0.15) is 46.5 Å². The van der Waals surface area contributed by atoms with E-state index in [1.807, 2.05) is 0 Å². The molecule has 0 rings (SSSR count). The molecule has 0 spiro atoms. The molecule has 0 saturated carbocycles. The lowest BCUT2D eigenvalue weighted by Gasteiger charge is -2.15. The van der Waals surface area contributed by atoms with Gasteiger partial charge in [-0.25, -0.2) is 0 Å². The first kappa shape index (κ1) is 14.4. The van der Waals surface area contributed by atoms with Crippen molar-refractivity contribution in [2.45, 2.75) is 46.5 Å². The molecule has 0 saturated heterocycles. The van der Waals surface area contributed by atoms with Crippen LogP contribution < -0.4 is 11.1 Å². The van der Waals surface area contributed by atoms with Gasteiger partial charge >= 0.3 is 0 Å². The van der Waals surface area contributed by atoms with Crippen LogP contribution in [0.15, 0.2) is 0 Å². The molecule has 90 valence electrons. The number of rotatable bonds is 8. The lowest BCUT2D eigenvalue weighted by molar-refractivity contribution is -0.122. The van der Waals surface area contributed by atoms with E-state index in [1.165, 1.54) is 0 Å². The summed E-state index contributed by atoms with van der Waals surface area (Å²) in [7, 11) is 0. The summed E-state index contributed by atoms with van der Waals surface area (Å²) in [5.41, 5.74) is 5.50. The van der Waals surface area contributed by atoms with E-state index in [-0.39, 0.29) is 5.91 Å². The first-order valence-electron chi connectivity index (χ1n) is 6.10. The summed E-state index contributed by atoms with van der Waals surface area (Å²) in [6.45, 7) is 7.85. The van der Waals surface area contributed by atoms with E-state index in [4.69, 9.17) is 5.73 Å². The van der Waals surface area contributed by atoms with Crippen molar-refractivity contribution in [3.05, 3.63) is 0 Å². The van der Waals surface area contributed by atoms with Crippen LogP contribution in [0.4, 0.5) is 0 Å². The molecule has 0 bridgehead atoms. The Morgan fingerprint density at radius 3 is 2.47 bits per heavy atom. The zero-order chi connectivity index (χ0) is 11.7. The molecule has 2 unspecified atom stereocenters. The van der Waals surface area contributed by atoms with Gasteiger partial charge in [0, 0.05) is 13.0 Å². The third kappa shape index (κ3) is 7.37. The summed E-state index contributed by atoms with van der Waals surface area (Å²) >= 11 is 0. The van der Waals surface area contributed by atoms with Gasteiger partial charge in [0.15, 0.2) is 0 Å². The highest BCUT2D eigenvalue weighted by molar-refractivity contribution is 5.76. The van der Waals surface area contributed by atoms with Crippen LogP contribution in [0, 0.1) is 11.8 Å². The Morgan fingerprint density at radius 1 is 1.33 bits per heavy atom. The van der Waals surface area contributed by atoms with Gasteiger partial charge in [-0.1, -0.05) is 33.6 Å². The van der Waals surface area contributed by atoms with Crippen molar-refractivity contribution >= 4 is 5.91 Å². The average molecular weight is 214 g/mol. The van der Waals surface area contributed by atoms with Gasteiger partial charge in [0.05, 0.1) is 0 Å². The Labute approximate surface area is 93.8 Å². The van der Waals surface area contributed by atoms with Crippen LogP contribution in [-0.4, -0.2) is 19.0 Å². The number of carbonyl (C=O) groups is 1. The van der Waals surface area contributed by atoms with Crippen molar-refractivity contribution in [2.75, 3.05) is 13.1 Å². The Hall–Kier alpha value is -0.570. The summed E-state index contributed by atoms with van der Waals surface area (Å²) in [5.74, 6) is 1.20. The van der Waals surface area contributed by atoms with Crippen molar-refractivity contribution in [1.82, 2.24) is 5.32 Å². The second-order valence-corrected chi connectivity index (χ2v) is 4.37. The van der Waals surface area contributed by atoms with E-state index in [9.17, 15) is 4.79 Å². The van der Waals surface area contributed by atoms with E-state index >= 15 is 0 Å². The predicted octanol–water partition coefficient (Wildman–Crippen LogP) is 1.91. The topological polar surface area (TPSA) is 55.1 Å². The Balaban J connectivity index is 3.68. The molecule has 0 aromatic rings. The molecule has 0 aromatic carbocycles. The number of hydrogen-bond donors (Lipinski definition) is 2. The molecule has 2 atom stereocenters. The first-order chi connectivity index (χ1) is 7.13. The predicted molar refractivity (Wildman–Crippen MR) is 64.5 cm³/mol. The fourth-order valence-corrected chi connectivity index (χ4v) is 1.48. The van der Waals surface area contributed by atoms with Gasteiger partial charge in [0.2, 0.25) is 5.91 Å². The Morgan fingerprint density at radius 2 is 2.00 bits per heavy atom. The number of nitrogens with two attached hydrogens (primary N) is 1. The second-order valence-electron chi connectivity index (χ2n) is 4.37. The third-order valence-corrected chi connectivity index (χ3v) is 2.97. The monoisotopic (exact) mass is 214 g/mol. The number of carbonyl (C=O) groups excluding carboxylic acids is 1. The summed E-state index contributed by atoms with van der Waals surface area (Å²) in [6.07, 6.45) is 3.80. The van der Waals surface area contributed by atoms with Crippen LogP contribution in [0.3, 0.4) is 0 Å². The van der Waals surface area contributed by atoms with Gasteiger partial charge in [-0.05, 0) is 24.8 Å². The molecule has 3 nitrogen and oxygen atoms in total. The molecule has 0 aliphatic carbocycles. The lowest BCUT2D eigenvalue weighted by Crippen LogP contribution is -2.30. The molecule has 3 heteroatoms. The highest BCUT2D eigenvalue weighted by Crippen LogP contribution is 2.08. The van der Waals surface area contributed by atoms with Crippen molar-refractivity contribution < 1.29 is 4.79 Å². The van der Waals surface area contributed by atoms with Crippen LogP contribution in [-0.2, 0) is 4.79 Å². The number of amides is 1. The lowest BCUT2D eigenvalue weighted by atomic mass is 10.0. The zero-order valence-corrected chi connectivity index (χ0v) is 10.4. The minimum absolute atomic E-state index is 0.180. The third-order valence-electron chi connectivity index (χ3n) is 2.97. The fraction of sp³-hybridized carbons (Fsp3) is 0.917. The highest BCUT2D eigenvalue weighted by atomic mass is 16.1. The molecule has 0 aliphatic heterocycles. The van der Waals surface area contributed by atoms with Gasteiger partial charge < -0.3 is 11.1 Å². The maximum atomic E-state index is 11.5. The average Bonchev–Trinajstić information content (AvgIpc) is 2.23. The van der Waals surface area contributed by atoms with Gasteiger partial charge in [0.1, 0.15) is 0 Å². The maximum Gasteiger partial charge on any atom is 0.220 e. The Bertz CT molecular complexity index is 171. The second kappa shape index (κ2) is 8.72. The molecule has 1 amide bonds. The summed E-state index contributed by atoms with van der Waals surface area (Å²) in [4.78, 5) is 11.5. The van der Waals surface area contributed by atoms with Gasteiger partial charge in [-0.3, -0.25) is 4.79 Å². The van der Waals surface area contributed by atoms with Crippen LogP contribution in [0.5, 0.6) is 0 Å². The smallest absolute Gasteiger partial charge is 0.220 e. The molecule has 0 aromatic heterocycles. The van der Waals surface area contributed by atoms with E-state index in [0.29, 0.717) is 24.8 Å². The van der Waals surface area contributed by atoms with Crippen molar-refractivity contribution in [2.24, 2.45) is 17.6 Å². The van der Waals surface area contributed by atoms with E-state index < -0.39 is 0 Å². The molecule has 0 heterocycles. The normalized spacial score (nSPS) is 14.7. The van der Waals surface area contributed by atoms with Gasteiger partial charge in [-0.2, -0.15) is 0 Å². The van der Waals surface area contributed by atoms with Crippen molar-refractivity contribution in [3.8, 4) is 0 Å². The zero-order valence-electron chi connectivity index (χ0n) is 10.4. The minimum Gasteiger partial charge on any atom is -0.356 e.